The van der Waals surface area contributed by atoms with E-state index in [1.54, 1.807) is 0 Å². The molecule has 1 atom stereocenters. The summed E-state index contributed by atoms with van der Waals surface area (Å²) in [5.41, 5.74) is 3.03. The second-order valence-corrected chi connectivity index (χ2v) is 6.57. The lowest BCUT2D eigenvalue weighted by atomic mass is 10.0. The van der Waals surface area contributed by atoms with Crippen LogP contribution in [0, 0.1) is 0 Å². The van der Waals surface area contributed by atoms with Crippen LogP contribution < -0.4 is 5.32 Å². The second-order valence-electron chi connectivity index (χ2n) is 6.16. The average Bonchev–Trinajstić information content (AvgIpc) is 3.10. The topological polar surface area (TPSA) is 63.0 Å². The lowest BCUT2D eigenvalue weighted by Crippen LogP contribution is -2.20. The van der Waals surface area contributed by atoms with Crippen molar-refractivity contribution < 1.29 is 5.11 Å². The monoisotopic (exact) mass is 366 g/mol. The molecule has 0 spiro atoms. The molecule has 0 saturated carbocycles. The normalized spacial score (nSPS) is 15.9. The summed E-state index contributed by atoms with van der Waals surface area (Å²) in [5, 5.41) is 17.8. The first-order valence-electron chi connectivity index (χ1n) is 8.61. The van der Waals surface area contributed by atoms with E-state index in [4.69, 9.17) is 16.7 Å². The summed E-state index contributed by atoms with van der Waals surface area (Å²) in [7, 11) is 0. The van der Waals surface area contributed by atoms with E-state index in [0.29, 0.717) is 29.6 Å². The van der Waals surface area contributed by atoms with Gasteiger partial charge in [0.1, 0.15) is 6.04 Å². The van der Waals surface area contributed by atoms with E-state index in [-0.39, 0.29) is 12.6 Å². The van der Waals surface area contributed by atoms with Crippen LogP contribution in [0.2, 0.25) is 5.02 Å². The number of aromatic nitrogens is 3. The van der Waals surface area contributed by atoms with Gasteiger partial charge in [-0.15, -0.1) is 0 Å². The highest BCUT2D eigenvalue weighted by Gasteiger charge is 2.26. The molecule has 0 bridgehead atoms. The Kier molecular flexibility index (Phi) is 4.73. The summed E-state index contributed by atoms with van der Waals surface area (Å²) < 4.78 is 1.86. The Hall–Kier alpha value is -2.63. The molecule has 0 amide bonds. The number of benzene rings is 2. The molecule has 0 aliphatic carbocycles. The van der Waals surface area contributed by atoms with Gasteiger partial charge < -0.3 is 10.4 Å². The minimum Gasteiger partial charge on any atom is -0.396 e. The summed E-state index contributed by atoms with van der Waals surface area (Å²) in [4.78, 5) is 4.62. The van der Waals surface area contributed by atoms with Crippen LogP contribution in [0.15, 0.2) is 60.7 Å². The fourth-order valence-corrected chi connectivity index (χ4v) is 3.35. The highest BCUT2D eigenvalue weighted by Crippen LogP contribution is 2.35. The number of allylic oxidation sites excluding steroid dienone is 1. The molecule has 1 aliphatic rings. The van der Waals surface area contributed by atoms with Crippen molar-refractivity contribution in [3.8, 4) is 0 Å². The molecule has 0 fully saturated rings. The molecule has 0 saturated heterocycles. The summed E-state index contributed by atoms with van der Waals surface area (Å²) in [6.07, 6.45) is 3.39. The van der Waals surface area contributed by atoms with Gasteiger partial charge in [-0.25, -0.2) is 4.68 Å². The van der Waals surface area contributed by atoms with E-state index < -0.39 is 0 Å². The van der Waals surface area contributed by atoms with Crippen molar-refractivity contribution in [2.24, 2.45) is 0 Å². The fraction of sp³-hybridized carbons (Fsp3) is 0.200. The molecular formula is C20H19ClN4O. The van der Waals surface area contributed by atoms with Crippen LogP contribution in [0.3, 0.4) is 0 Å². The first-order valence-corrected chi connectivity index (χ1v) is 8.99. The van der Waals surface area contributed by atoms with Crippen molar-refractivity contribution >= 4 is 23.2 Å². The zero-order valence-electron chi connectivity index (χ0n) is 14.1. The average molecular weight is 367 g/mol. The second kappa shape index (κ2) is 7.32. The smallest absolute Gasteiger partial charge is 0.226 e. The minimum absolute atomic E-state index is 0.124. The van der Waals surface area contributed by atoms with E-state index in [1.807, 2.05) is 47.1 Å². The highest BCUT2D eigenvalue weighted by molar-refractivity contribution is 6.31. The maximum atomic E-state index is 9.08. The maximum Gasteiger partial charge on any atom is 0.226 e. The Balaban J connectivity index is 1.79. The molecule has 6 heteroatoms. The maximum absolute atomic E-state index is 9.08. The van der Waals surface area contributed by atoms with Gasteiger partial charge in [-0.05, 0) is 29.7 Å². The van der Waals surface area contributed by atoms with Crippen LogP contribution in [-0.2, 0) is 6.42 Å². The largest absolute Gasteiger partial charge is 0.396 e. The first-order chi connectivity index (χ1) is 12.8. The SMILES string of the molecule is OCCCc1nc2n(n1)[C@H](c1ccccc1Cl)C=C(c1ccccc1)N2. The standard InChI is InChI=1S/C20H19ClN4O/c21-16-10-5-4-9-15(16)18-13-17(14-7-2-1-3-8-14)22-20-23-19(11-6-12-26)24-25(18)20/h1-5,7-10,13,18,26H,6,11-12H2,(H,22,23,24)/t18-/m0/s1. The van der Waals surface area contributed by atoms with Gasteiger partial charge in [0.2, 0.25) is 5.95 Å². The molecule has 3 aromatic rings. The van der Waals surface area contributed by atoms with E-state index in [0.717, 1.165) is 16.8 Å². The number of fused-ring (bicyclic) bond motifs is 1. The number of hydrogen-bond acceptors (Lipinski definition) is 4. The van der Waals surface area contributed by atoms with Crippen molar-refractivity contribution in [2.45, 2.75) is 18.9 Å². The molecule has 26 heavy (non-hydrogen) atoms. The number of nitrogens with one attached hydrogen (secondary N) is 1. The molecule has 2 heterocycles. The third-order valence-electron chi connectivity index (χ3n) is 4.38. The van der Waals surface area contributed by atoms with Crippen molar-refractivity contribution in [3.63, 3.8) is 0 Å². The molecule has 2 N–H and O–H groups in total. The fourth-order valence-electron chi connectivity index (χ4n) is 3.10. The van der Waals surface area contributed by atoms with Gasteiger partial charge in [-0.2, -0.15) is 10.1 Å². The Labute approximate surface area is 157 Å². The molecule has 2 aromatic carbocycles. The Morgan fingerprint density at radius 2 is 1.85 bits per heavy atom. The number of rotatable bonds is 5. The van der Waals surface area contributed by atoms with Crippen LogP contribution in [0.4, 0.5) is 5.95 Å². The molecule has 5 nitrogen and oxygen atoms in total. The molecule has 132 valence electrons. The van der Waals surface area contributed by atoms with E-state index in [1.165, 1.54) is 0 Å². The lowest BCUT2D eigenvalue weighted by molar-refractivity contribution is 0.287. The Bertz CT molecular complexity index is 936. The van der Waals surface area contributed by atoms with Gasteiger partial charge in [-0.3, -0.25) is 0 Å². The molecule has 1 aliphatic heterocycles. The highest BCUT2D eigenvalue weighted by atomic mass is 35.5. The number of aryl methyl sites for hydroxylation is 1. The van der Waals surface area contributed by atoms with Crippen molar-refractivity contribution in [1.29, 1.82) is 0 Å². The number of anilines is 1. The third-order valence-corrected chi connectivity index (χ3v) is 4.72. The van der Waals surface area contributed by atoms with Crippen LogP contribution in [-0.4, -0.2) is 26.5 Å². The van der Waals surface area contributed by atoms with Crippen molar-refractivity contribution in [2.75, 3.05) is 11.9 Å². The molecule has 1 aromatic heterocycles. The number of hydrogen-bond donors (Lipinski definition) is 2. The molecule has 0 unspecified atom stereocenters. The summed E-state index contributed by atoms with van der Waals surface area (Å²) >= 11 is 6.46. The molecule has 4 rings (SSSR count). The molecule has 0 radical (unpaired) electrons. The van der Waals surface area contributed by atoms with Crippen LogP contribution in [0.1, 0.15) is 29.4 Å². The predicted octanol–water partition coefficient (Wildman–Crippen LogP) is 3.91. The summed E-state index contributed by atoms with van der Waals surface area (Å²) in [6, 6.07) is 17.8. The Morgan fingerprint density at radius 1 is 1.08 bits per heavy atom. The number of aliphatic hydroxyl groups is 1. The lowest BCUT2D eigenvalue weighted by Gasteiger charge is -2.25. The predicted molar refractivity (Wildman–Crippen MR) is 103 cm³/mol. The van der Waals surface area contributed by atoms with E-state index in [2.05, 4.69) is 33.6 Å². The first kappa shape index (κ1) is 16.8. The zero-order valence-corrected chi connectivity index (χ0v) is 14.9. The summed E-state index contributed by atoms with van der Waals surface area (Å²) in [6.45, 7) is 0.124. The number of nitrogens with zero attached hydrogens (tertiary/aromatic N) is 3. The van der Waals surface area contributed by atoms with Crippen molar-refractivity contribution in [1.82, 2.24) is 14.8 Å². The van der Waals surface area contributed by atoms with Gasteiger partial charge in [0.05, 0.1) is 0 Å². The van der Waals surface area contributed by atoms with Crippen molar-refractivity contribution in [3.05, 3.63) is 82.6 Å². The number of aliphatic hydroxyl groups excluding tert-OH is 1. The van der Waals surface area contributed by atoms with Crippen LogP contribution >= 0.6 is 11.6 Å². The van der Waals surface area contributed by atoms with Gasteiger partial charge in [-0.1, -0.05) is 60.1 Å². The van der Waals surface area contributed by atoms with Gasteiger partial charge in [0.25, 0.3) is 0 Å². The Morgan fingerprint density at radius 3 is 2.62 bits per heavy atom. The van der Waals surface area contributed by atoms with E-state index in [9.17, 15) is 0 Å². The van der Waals surface area contributed by atoms with Crippen LogP contribution in [0.5, 0.6) is 0 Å². The van der Waals surface area contributed by atoms with Gasteiger partial charge in [0.15, 0.2) is 5.82 Å². The quantitative estimate of drug-likeness (QED) is 0.718. The third kappa shape index (κ3) is 3.23. The van der Waals surface area contributed by atoms with E-state index >= 15 is 0 Å². The van der Waals surface area contributed by atoms with Gasteiger partial charge >= 0.3 is 0 Å². The molecular weight excluding hydrogens is 348 g/mol. The number of halogens is 1. The van der Waals surface area contributed by atoms with Crippen LogP contribution in [0.25, 0.3) is 5.70 Å². The minimum atomic E-state index is -0.148. The zero-order chi connectivity index (χ0) is 17.9. The summed E-state index contributed by atoms with van der Waals surface area (Å²) in [5.74, 6) is 1.39. The van der Waals surface area contributed by atoms with Gasteiger partial charge in [0, 0.05) is 23.7 Å².